The number of piperazine rings is 1. The number of benzene rings is 2. The first-order chi connectivity index (χ1) is 16.1. The first-order valence-electron chi connectivity index (χ1n) is 10.7. The molecule has 0 saturated carbocycles. The molecule has 1 fully saturated rings. The Hall–Kier alpha value is -3.56. The fraction of sp³-hybridized carbons (Fsp3) is 0.208. The number of nitrogens with one attached hydrogen (secondary N) is 1. The average Bonchev–Trinajstić information content (AvgIpc) is 3.51. The zero-order chi connectivity index (χ0) is 22.8. The van der Waals surface area contributed by atoms with Gasteiger partial charge in [-0.15, -0.1) is 16.4 Å². The molecule has 0 unspecified atom stereocenters. The van der Waals surface area contributed by atoms with Crippen molar-refractivity contribution in [3.8, 4) is 16.4 Å². The number of thiophene rings is 1. The van der Waals surface area contributed by atoms with Crippen molar-refractivity contribution in [1.29, 1.82) is 0 Å². The molecule has 33 heavy (non-hydrogen) atoms. The SMILES string of the molecule is CN1CCN(c2ccccc2NC(=O)c2nc(-c3cccs3)n(-c3ccc(F)cc3)n2)CC1. The summed E-state index contributed by atoms with van der Waals surface area (Å²) in [4.78, 5) is 23.2. The monoisotopic (exact) mass is 462 g/mol. The summed E-state index contributed by atoms with van der Waals surface area (Å²) in [7, 11) is 2.11. The molecule has 0 bridgehead atoms. The number of hydrogen-bond acceptors (Lipinski definition) is 6. The van der Waals surface area contributed by atoms with Crippen molar-refractivity contribution in [3.05, 3.63) is 77.7 Å². The molecule has 5 rings (SSSR count). The molecule has 1 aliphatic heterocycles. The molecule has 1 saturated heterocycles. The Morgan fingerprint density at radius 3 is 2.48 bits per heavy atom. The minimum Gasteiger partial charge on any atom is -0.367 e. The predicted octanol–water partition coefficient (Wildman–Crippen LogP) is 4.14. The highest BCUT2D eigenvalue weighted by atomic mass is 32.1. The number of nitrogens with zero attached hydrogens (tertiary/aromatic N) is 5. The molecule has 2 aromatic heterocycles. The van der Waals surface area contributed by atoms with Gasteiger partial charge in [-0.3, -0.25) is 4.79 Å². The van der Waals surface area contributed by atoms with Crippen LogP contribution in [0.4, 0.5) is 15.8 Å². The number of likely N-dealkylation sites (N-methyl/N-ethyl adjacent to an activating group) is 1. The van der Waals surface area contributed by atoms with Crippen LogP contribution in [0.1, 0.15) is 10.6 Å². The maximum atomic E-state index is 13.5. The Morgan fingerprint density at radius 1 is 1.00 bits per heavy atom. The van der Waals surface area contributed by atoms with E-state index < -0.39 is 5.91 Å². The Kier molecular flexibility index (Phi) is 5.89. The quantitative estimate of drug-likeness (QED) is 0.483. The fourth-order valence-electron chi connectivity index (χ4n) is 3.82. The van der Waals surface area contributed by atoms with Gasteiger partial charge in [-0.05, 0) is 54.9 Å². The zero-order valence-electron chi connectivity index (χ0n) is 18.1. The molecule has 0 spiro atoms. The number of aromatic nitrogens is 3. The van der Waals surface area contributed by atoms with E-state index in [1.54, 1.807) is 16.8 Å². The van der Waals surface area contributed by atoms with Crippen molar-refractivity contribution in [2.75, 3.05) is 43.4 Å². The maximum absolute atomic E-state index is 13.5. The highest BCUT2D eigenvalue weighted by molar-refractivity contribution is 7.13. The van der Waals surface area contributed by atoms with Crippen molar-refractivity contribution in [1.82, 2.24) is 19.7 Å². The lowest BCUT2D eigenvalue weighted by atomic mass is 10.2. The smallest absolute Gasteiger partial charge is 0.295 e. The van der Waals surface area contributed by atoms with E-state index in [0.29, 0.717) is 11.5 Å². The lowest BCUT2D eigenvalue weighted by molar-refractivity contribution is 0.101. The van der Waals surface area contributed by atoms with Crippen LogP contribution in [0.5, 0.6) is 0 Å². The Morgan fingerprint density at radius 2 is 1.76 bits per heavy atom. The molecule has 168 valence electrons. The van der Waals surface area contributed by atoms with Crippen molar-refractivity contribution < 1.29 is 9.18 Å². The third-order valence-electron chi connectivity index (χ3n) is 5.62. The van der Waals surface area contributed by atoms with Gasteiger partial charge in [0.15, 0.2) is 5.82 Å². The summed E-state index contributed by atoms with van der Waals surface area (Å²) in [6, 6.07) is 17.6. The molecule has 0 radical (unpaired) electrons. The fourth-order valence-corrected chi connectivity index (χ4v) is 4.51. The summed E-state index contributed by atoms with van der Waals surface area (Å²) in [5.74, 6) is -0.143. The van der Waals surface area contributed by atoms with Crippen LogP contribution >= 0.6 is 11.3 Å². The van der Waals surface area contributed by atoms with Gasteiger partial charge in [0.2, 0.25) is 5.82 Å². The summed E-state index contributed by atoms with van der Waals surface area (Å²) in [5.41, 5.74) is 2.34. The number of rotatable bonds is 5. The molecule has 2 aromatic carbocycles. The van der Waals surface area contributed by atoms with Crippen molar-refractivity contribution in [3.63, 3.8) is 0 Å². The Balaban J connectivity index is 1.45. The first kappa shape index (κ1) is 21.3. The standard InChI is InChI=1S/C24H23FN6OS/c1-29-12-14-30(15-13-29)20-6-3-2-5-19(20)26-24(32)22-27-23(21-7-4-16-33-21)31(28-22)18-10-8-17(25)9-11-18/h2-11,16H,12-15H2,1H3,(H,26,32). The van der Waals surface area contributed by atoms with Gasteiger partial charge in [0.25, 0.3) is 5.91 Å². The van der Waals surface area contributed by atoms with Crippen LogP contribution in [0, 0.1) is 5.82 Å². The molecule has 3 heterocycles. The largest absolute Gasteiger partial charge is 0.367 e. The minimum absolute atomic E-state index is 0.0518. The molecule has 7 nitrogen and oxygen atoms in total. The Labute approximate surface area is 195 Å². The van der Waals surface area contributed by atoms with Gasteiger partial charge in [0.1, 0.15) is 5.82 Å². The molecule has 1 aliphatic rings. The normalized spacial score (nSPS) is 14.4. The van der Waals surface area contributed by atoms with E-state index >= 15 is 0 Å². The van der Waals surface area contributed by atoms with Gasteiger partial charge >= 0.3 is 0 Å². The molecule has 4 aromatic rings. The van der Waals surface area contributed by atoms with Crippen LogP contribution in [-0.2, 0) is 0 Å². The number of para-hydroxylation sites is 2. The second-order valence-electron chi connectivity index (χ2n) is 7.89. The van der Waals surface area contributed by atoms with Crippen molar-refractivity contribution >= 4 is 28.6 Å². The minimum atomic E-state index is -0.393. The van der Waals surface area contributed by atoms with Crippen LogP contribution in [0.2, 0.25) is 0 Å². The average molecular weight is 463 g/mol. The Bertz CT molecular complexity index is 1250. The van der Waals surface area contributed by atoms with Gasteiger partial charge in [-0.2, -0.15) is 0 Å². The van der Waals surface area contributed by atoms with Crippen molar-refractivity contribution in [2.24, 2.45) is 0 Å². The van der Waals surface area contributed by atoms with Crippen LogP contribution in [0.25, 0.3) is 16.4 Å². The van der Waals surface area contributed by atoms with Gasteiger partial charge < -0.3 is 15.1 Å². The maximum Gasteiger partial charge on any atom is 0.295 e. The topological polar surface area (TPSA) is 66.3 Å². The third kappa shape index (κ3) is 4.50. The molecule has 1 N–H and O–H groups in total. The number of carbonyl (C=O) groups is 1. The van der Waals surface area contributed by atoms with Crippen molar-refractivity contribution in [2.45, 2.75) is 0 Å². The first-order valence-corrected chi connectivity index (χ1v) is 11.6. The molecular formula is C24H23FN6OS. The highest BCUT2D eigenvalue weighted by Gasteiger charge is 2.22. The van der Waals surface area contributed by atoms with Gasteiger partial charge in [-0.1, -0.05) is 18.2 Å². The number of carbonyl (C=O) groups excluding carboxylic acids is 1. The van der Waals surface area contributed by atoms with Gasteiger partial charge in [-0.25, -0.2) is 14.1 Å². The number of anilines is 2. The summed E-state index contributed by atoms with van der Waals surface area (Å²) in [5, 5.41) is 9.40. The lowest BCUT2D eigenvalue weighted by Gasteiger charge is -2.35. The third-order valence-corrected chi connectivity index (χ3v) is 6.49. The van der Waals surface area contributed by atoms with E-state index in [2.05, 4.69) is 32.2 Å². The van der Waals surface area contributed by atoms with E-state index in [1.807, 2.05) is 41.8 Å². The van der Waals surface area contributed by atoms with Gasteiger partial charge in [0.05, 0.1) is 21.9 Å². The lowest BCUT2D eigenvalue weighted by Crippen LogP contribution is -2.44. The van der Waals surface area contributed by atoms with E-state index in [0.717, 1.165) is 42.4 Å². The number of amides is 1. The second-order valence-corrected chi connectivity index (χ2v) is 8.83. The molecular weight excluding hydrogens is 439 g/mol. The van der Waals surface area contributed by atoms with Crippen LogP contribution in [0.3, 0.4) is 0 Å². The van der Waals surface area contributed by atoms with E-state index in [-0.39, 0.29) is 11.6 Å². The molecule has 0 aliphatic carbocycles. The van der Waals surface area contributed by atoms with Crippen LogP contribution in [0.15, 0.2) is 66.0 Å². The summed E-state index contributed by atoms with van der Waals surface area (Å²) in [6.07, 6.45) is 0. The number of hydrogen-bond donors (Lipinski definition) is 1. The number of halogens is 1. The van der Waals surface area contributed by atoms with Crippen LogP contribution in [-0.4, -0.2) is 58.8 Å². The molecule has 1 amide bonds. The second kappa shape index (κ2) is 9.13. The summed E-state index contributed by atoms with van der Waals surface area (Å²) >= 11 is 1.50. The summed E-state index contributed by atoms with van der Waals surface area (Å²) < 4.78 is 15.0. The summed E-state index contributed by atoms with van der Waals surface area (Å²) in [6.45, 7) is 3.72. The predicted molar refractivity (Wildman–Crippen MR) is 129 cm³/mol. The van der Waals surface area contributed by atoms with E-state index in [1.165, 1.54) is 23.5 Å². The van der Waals surface area contributed by atoms with E-state index in [4.69, 9.17) is 0 Å². The van der Waals surface area contributed by atoms with E-state index in [9.17, 15) is 9.18 Å². The molecule has 9 heteroatoms. The molecule has 0 atom stereocenters. The highest BCUT2D eigenvalue weighted by Crippen LogP contribution is 2.28. The van der Waals surface area contributed by atoms with Gasteiger partial charge in [0, 0.05) is 26.2 Å². The van der Waals surface area contributed by atoms with Crippen LogP contribution < -0.4 is 10.2 Å². The zero-order valence-corrected chi connectivity index (χ0v) is 18.9.